The van der Waals surface area contributed by atoms with E-state index < -0.39 is 11.8 Å². The summed E-state index contributed by atoms with van der Waals surface area (Å²) in [5, 5.41) is 8.77. The van der Waals surface area contributed by atoms with Crippen molar-refractivity contribution in [1.29, 1.82) is 0 Å². The Labute approximate surface area is 305 Å². The number of rotatable bonds is 12. The van der Waals surface area contributed by atoms with E-state index >= 15 is 0 Å². The van der Waals surface area contributed by atoms with Crippen molar-refractivity contribution >= 4 is 75.2 Å². The van der Waals surface area contributed by atoms with E-state index in [-0.39, 0.29) is 44.7 Å². The summed E-state index contributed by atoms with van der Waals surface area (Å²) in [6, 6.07) is 14.9. The Bertz CT molecular complexity index is 1770. The molecule has 8 nitrogen and oxygen atoms in total. The van der Waals surface area contributed by atoms with Gasteiger partial charge in [-0.05, 0) is 92.0 Å². The summed E-state index contributed by atoms with van der Waals surface area (Å²) in [5.74, 6) is -0.555. The van der Waals surface area contributed by atoms with Crippen LogP contribution in [-0.4, -0.2) is 43.1 Å². The first-order chi connectivity index (χ1) is 23.1. The highest BCUT2D eigenvalue weighted by molar-refractivity contribution is 6.72. The Morgan fingerprint density at radius 1 is 0.918 bits per heavy atom. The topological polar surface area (TPSA) is 86.6 Å². The third kappa shape index (κ3) is 8.42. The first-order valence-electron chi connectivity index (χ1n) is 16.7. The van der Waals surface area contributed by atoms with Crippen molar-refractivity contribution in [2.24, 2.45) is 10.1 Å². The average Bonchev–Trinajstić information content (AvgIpc) is 3.34. The maximum atomic E-state index is 13.9. The Kier molecular flexibility index (Phi) is 12.1. The average molecular weight is 727 g/mol. The Hall–Kier alpha value is -3.59. The molecule has 0 spiro atoms. The molecule has 0 unspecified atom stereocenters. The number of nitrogens with zero attached hydrogens (tertiary/aromatic N) is 4. The van der Waals surface area contributed by atoms with Crippen molar-refractivity contribution in [2.45, 2.75) is 86.0 Å². The largest absolute Gasteiger partial charge is 0.483 e. The highest BCUT2D eigenvalue weighted by atomic mass is 35.5. The van der Waals surface area contributed by atoms with Gasteiger partial charge in [-0.15, -0.1) is 5.10 Å². The molecule has 1 aliphatic heterocycles. The van der Waals surface area contributed by atoms with E-state index in [1.165, 1.54) is 17.7 Å². The van der Waals surface area contributed by atoms with E-state index in [1.54, 1.807) is 0 Å². The van der Waals surface area contributed by atoms with Gasteiger partial charge in [0.1, 0.15) is 11.4 Å². The molecule has 0 radical (unpaired) electrons. The molecule has 3 aromatic carbocycles. The SMILES string of the molecule is CCN(CC)c1ccc(N=C2C(=O)N(c3c(Cl)cc(Cl)cc3Cl)N=C2NC(=O)COc2ccc(C(C)(C)CC)cc2C(C)(C)CC)c(C)c1. The number of aliphatic imine (C=N–C) groups is 1. The van der Waals surface area contributed by atoms with Crippen LogP contribution in [0.25, 0.3) is 0 Å². The number of carbonyl (C=O) groups is 2. The van der Waals surface area contributed by atoms with Gasteiger partial charge in [0.15, 0.2) is 18.2 Å². The van der Waals surface area contributed by atoms with E-state index in [4.69, 9.17) is 44.5 Å². The maximum absolute atomic E-state index is 13.9. The fraction of sp³-hybridized carbons (Fsp3) is 0.421. The highest BCUT2D eigenvalue weighted by Crippen LogP contribution is 2.40. The van der Waals surface area contributed by atoms with E-state index in [9.17, 15) is 9.59 Å². The van der Waals surface area contributed by atoms with Gasteiger partial charge in [0, 0.05) is 29.4 Å². The van der Waals surface area contributed by atoms with Crippen LogP contribution in [0.2, 0.25) is 15.1 Å². The van der Waals surface area contributed by atoms with Crippen LogP contribution in [0, 0.1) is 6.92 Å². The lowest BCUT2D eigenvalue weighted by molar-refractivity contribution is -0.121. The van der Waals surface area contributed by atoms with Crippen molar-refractivity contribution in [1.82, 2.24) is 5.32 Å². The van der Waals surface area contributed by atoms with Crippen LogP contribution >= 0.6 is 34.8 Å². The number of aryl methyl sites for hydroxylation is 1. The number of carbonyl (C=O) groups excluding carboxylic acids is 2. The number of hydrazone groups is 1. The van der Waals surface area contributed by atoms with E-state index in [2.05, 4.69) is 82.8 Å². The molecule has 2 amide bonds. The van der Waals surface area contributed by atoms with Crippen LogP contribution in [0.4, 0.5) is 17.1 Å². The van der Waals surface area contributed by atoms with Crippen LogP contribution < -0.4 is 20.0 Å². The second-order valence-corrected chi connectivity index (χ2v) is 14.7. The number of anilines is 2. The molecule has 0 saturated carbocycles. The predicted octanol–water partition coefficient (Wildman–Crippen LogP) is 9.80. The van der Waals surface area contributed by atoms with Crippen LogP contribution in [0.3, 0.4) is 0 Å². The quantitative estimate of drug-likeness (QED) is 0.201. The molecule has 1 heterocycles. The van der Waals surface area contributed by atoms with Crippen molar-refractivity contribution in [2.75, 3.05) is 29.6 Å². The Morgan fingerprint density at radius 2 is 1.55 bits per heavy atom. The highest BCUT2D eigenvalue weighted by Gasteiger charge is 2.37. The summed E-state index contributed by atoms with van der Waals surface area (Å²) in [6.07, 6.45) is 1.86. The zero-order chi connectivity index (χ0) is 36.3. The zero-order valence-electron chi connectivity index (χ0n) is 29.8. The molecule has 0 saturated heterocycles. The molecule has 3 aromatic rings. The Balaban J connectivity index is 1.69. The number of benzene rings is 3. The van der Waals surface area contributed by atoms with Crippen molar-refractivity contribution < 1.29 is 14.3 Å². The summed E-state index contributed by atoms with van der Waals surface area (Å²) in [4.78, 5) is 34.3. The van der Waals surface area contributed by atoms with Gasteiger partial charge in [-0.2, -0.15) is 5.01 Å². The molecule has 1 N–H and O–H groups in total. The lowest BCUT2D eigenvalue weighted by atomic mass is 9.76. The van der Waals surface area contributed by atoms with Gasteiger partial charge < -0.3 is 15.0 Å². The summed E-state index contributed by atoms with van der Waals surface area (Å²) in [7, 11) is 0. The number of nitrogens with one attached hydrogen (secondary N) is 1. The first kappa shape index (κ1) is 38.2. The minimum absolute atomic E-state index is 0.0107. The second kappa shape index (κ2) is 15.5. The monoisotopic (exact) mass is 725 g/mol. The van der Waals surface area contributed by atoms with Crippen LogP contribution in [-0.2, 0) is 20.4 Å². The van der Waals surface area contributed by atoms with Gasteiger partial charge in [-0.25, -0.2) is 4.99 Å². The molecule has 1 aliphatic rings. The summed E-state index contributed by atoms with van der Waals surface area (Å²) < 4.78 is 6.15. The van der Waals surface area contributed by atoms with Crippen molar-refractivity contribution in [3.8, 4) is 5.75 Å². The predicted molar refractivity (Wildman–Crippen MR) is 205 cm³/mol. The number of hydrogen-bond acceptors (Lipinski definition) is 6. The minimum atomic E-state index is -0.615. The summed E-state index contributed by atoms with van der Waals surface area (Å²) in [5.41, 5.74) is 4.53. The normalized spacial score (nSPS) is 14.4. The fourth-order valence-electron chi connectivity index (χ4n) is 5.45. The maximum Gasteiger partial charge on any atom is 0.301 e. The van der Waals surface area contributed by atoms with Gasteiger partial charge in [-0.3, -0.25) is 9.59 Å². The number of amides is 2. The van der Waals surface area contributed by atoms with E-state index in [0.29, 0.717) is 16.5 Å². The lowest BCUT2D eigenvalue weighted by Crippen LogP contribution is -2.39. The number of amidine groups is 1. The van der Waals surface area contributed by atoms with Crippen molar-refractivity contribution in [3.05, 3.63) is 80.3 Å². The minimum Gasteiger partial charge on any atom is -0.483 e. The number of hydrogen-bond donors (Lipinski definition) is 1. The molecule has 0 aliphatic carbocycles. The molecule has 0 fully saturated rings. The third-order valence-corrected chi connectivity index (χ3v) is 10.2. The standard InChI is InChI=1S/C38H46Cl3N5O3/c1-10-37(6,7)24-14-17-31(27(19-24)38(8,9)11-2)49-22-32(47)43-35-33(42-30-16-15-26(18-23(30)5)45(12-3)13-4)36(48)46(44-35)34-28(40)20-25(39)21-29(34)41/h14-21H,10-13,22H2,1-9H3,(H,43,44,47). The fourth-order valence-corrected chi connectivity index (χ4v) is 6.43. The smallest absolute Gasteiger partial charge is 0.301 e. The molecule has 0 bridgehead atoms. The van der Waals surface area contributed by atoms with Gasteiger partial charge in [0.25, 0.3) is 5.91 Å². The molecule has 11 heteroatoms. The second-order valence-electron chi connectivity index (χ2n) is 13.4. The van der Waals surface area contributed by atoms with Gasteiger partial charge in [-0.1, -0.05) is 88.5 Å². The van der Waals surface area contributed by atoms with Gasteiger partial charge >= 0.3 is 5.91 Å². The lowest BCUT2D eigenvalue weighted by Gasteiger charge is -2.30. The van der Waals surface area contributed by atoms with Gasteiger partial charge in [0.2, 0.25) is 0 Å². The molecule has 0 atom stereocenters. The number of halogens is 3. The van der Waals surface area contributed by atoms with Crippen LogP contribution in [0.5, 0.6) is 5.75 Å². The molecule has 0 aromatic heterocycles. The summed E-state index contributed by atoms with van der Waals surface area (Å²) >= 11 is 19.1. The third-order valence-electron chi connectivity index (χ3n) is 9.43. The molecule has 49 heavy (non-hydrogen) atoms. The number of ether oxygens (including phenoxy) is 1. The Morgan fingerprint density at radius 3 is 2.12 bits per heavy atom. The summed E-state index contributed by atoms with van der Waals surface area (Å²) in [6.45, 7) is 20.6. The van der Waals surface area contributed by atoms with Gasteiger partial charge in [0.05, 0.1) is 15.7 Å². The molecule has 262 valence electrons. The molecular formula is C38H46Cl3N5O3. The molecule has 4 rings (SSSR count). The zero-order valence-corrected chi connectivity index (χ0v) is 32.1. The molecular weight excluding hydrogens is 681 g/mol. The first-order valence-corrected chi connectivity index (χ1v) is 17.8. The van der Waals surface area contributed by atoms with Crippen LogP contribution in [0.1, 0.15) is 84.9 Å². The van der Waals surface area contributed by atoms with E-state index in [1.807, 2.05) is 31.2 Å². The van der Waals surface area contributed by atoms with Crippen molar-refractivity contribution in [3.63, 3.8) is 0 Å². The van der Waals surface area contributed by atoms with E-state index in [0.717, 1.165) is 47.8 Å². The van der Waals surface area contributed by atoms with Crippen LogP contribution in [0.15, 0.2) is 58.6 Å².